The molecule has 43 heavy (non-hydrogen) atoms. The average Bonchev–Trinajstić information content (AvgIpc) is 3.52. The summed E-state index contributed by atoms with van der Waals surface area (Å²) in [6, 6.07) is 10.6. The molecule has 2 atom stereocenters. The van der Waals surface area contributed by atoms with Crippen molar-refractivity contribution in [1.82, 2.24) is 24.8 Å². The van der Waals surface area contributed by atoms with E-state index in [-0.39, 0.29) is 5.41 Å². The highest BCUT2D eigenvalue weighted by Crippen LogP contribution is 2.52. The number of carbonyl (C=O) groups excluding carboxylic acids is 1. The molecule has 0 radical (unpaired) electrons. The predicted molar refractivity (Wildman–Crippen MR) is 170 cm³/mol. The van der Waals surface area contributed by atoms with Gasteiger partial charge in [-0.3, -0.25) is 9.69 Å². The molecule has 3 aromatic rings. The second-order valence-electron chi connectivity index (χ2n) is 14.9. The first kappa shape index (κ1) is 26.4. The lowest BCUT2D eigenvalue weighted by Gasteiger charge is -2.49. The fourth-order valence-corrected chi connectivity index (χ4v) is 9.18. The maximum Gasteiger partial charge on any atom is 0.238 e. The van der Waals surface area contributed by atoms with Crippen LogP contribution in [0.15, 0.2) is 30.6 Å². The number of anilines is 2. The Morgan fingerprint density at radius 2 is 1.74 bits per heavy atom. The lowest BCUT2D eigenvalue weighted by atomic mass is 9.74. The van der Waals surface area contributed by atoms with Crippen LogP contribution in [0.25, 0.3) is 22.3 Å². The molecule has 3 aliphatic heterocycles. The van der Waals surface area contributed by atoms with Crippen LogP contribution in [-0.4, -0.2) is 69.6 Å². The fraction of sp³-hybridized carbons (Fsp3) is 0.629. The minimum absolute atomic E-state index is 0.296. The molecule has 2 saturated heterocycles. The van der Waals surface area contributed by atoms with Gasteiger partial charge in [0, 0.05) is 48.5 Å². The number of piperidine rings is 2. The van der Waals surface area contributed by atoms with Crippen LogP contribution < -0.4 is 15.5 Å². The van der Waals surface area contributed by atoms with Crippen LogP contribution in [0.2, 0.25) is 0 Å². The summed E-state index contributed by atoms with van der Waals surface area (Å²) >= 11 is 0. The van der Waals surface area contributed by atoms with E-state index in [1.54, 1.807) is 0 Å². The highest BCUT2D eigenvalue weighted by molar-refractivity contribution is 6.09. The van der Waals surface area contributed by atoms with Crippen molar-refractivity contribution < 1.29 is 4.79 Å². The van der Waals surface area contributed by atoms with E-state index < -0.39 is 0 Å². The third-order valence-corrected chi connectivity index (χ3v) is 11.8. The van der Waals surface area contributed by atoms with E-state index in [1.165, 1.54) is 50.8 Å². The highest BCUT2D eigenvalue weighted by Gasteiger charge is 2.55. The molecule has 6 aliphatic rings. The molecule has 8 nitrogen and oxygen atoms in total. The summed E-state index contributed by atoms with van der Waals surface area (Å²) in [4.78, 5) is 29.5. The Morgan fingerprint density at radius 1 is 0.977 bits per heavy atom. The van der Waals surface area contributed by atoms with Crippen molar-refractivity contribution in [2.75, 3.05) is 36.4 Å². The largest absolute Gasteiger partial charge is 0.366 e. The summed E-state index contributed by atoms with van der Waals surface area (Å²) in [5.74, 6) is 3.09. The summed E-state index contributed by atoms with van der Waals surface area (Å²) in [7, 11) is 0. The number of imidazole rings is 1. The highest BCUT2D eigenvalue weighted by atomic mass is 16.2. The molecule has 8 heteroatoms. The van der Waals surface area contributed by atoms with Gasteiger partial charge in [-0.15, -0.1) is 0 Å². The Bertz CT molecular complexity index is 1570. The number of hydrogen-bond donors (Lipinski definition) is 2. The first-order chi connectivity index (χ1) is 21.0. The molecule has 5 fully saturated rings. The van der Waals surface area contributed by atoms with Gasteiger partial charge in [-0.2, -0.15) is 0 Å². The SMILES string of the molecule is CC(C)n1cnc2cc(-c3ccc4c(c3)N(C3CC(N5CC6CC[C@@H](C6)C5)C3)C(=O)C43CCNCC3)nc(NC3CC3)c21. The van der Waals surface area contributed by atoms with Crippen LogP contribution in [0.3, 0.4) is 0 Å². The normalized spacial score (nSPS) is 29.9. The molecule has 2 bridgehead atoms. The van der Waals surface area contributed by atoms with Crippen molar-refractivity contribution in [2.24, 2.45) is 11.8 Å². The Labute approximate surface area is 254 Å². The number of carbonyl (C=O) groups is 1. The number of hydrogen-bond acceptors (Lipinski definition) is 6. The molecular formula is C35H45N7O. The van der Waals surface area contributed by atoms with E-state index >= 15 is 0 Å². The smallest absolute Gasteiger partial charge is 0.238 e. The summed E-state index contributed by atoms with van der Waals surface area (Å²) in [5.41, 5.74) is 6.06. The molecule has 1 aromatic carbocycles. The Kier molecular flexibility index (Phi) is 6.00. The molecule has 1 amide bonds. The van der Waals surface area contributed by atoms with Gasteiger partial charge in [-0.1, -0.05) is 12.1 Å². The third kappa shape index (κ3) is 4.19. The van der Waals surface area contributed by atoms with Gasteiger partial charge >= 0.3 is 0 Å². The lowest BCUT2D eigenvalue weighted by Crippen LogP contribution is -2.59. The molecule has 226 valence electrons. The van der Waals surface area contributed by atoms with Gasteiger partial charge in [0.15, 0.2) is 5.82 Å². The maximum absolute atomic E-state index is 14.5. The number of fused-ring (bicyclic) bond motifs is 5. The van der Waals surface area contributed by atoms with Crippen LogP contribution in [0.1, 0.15) is 83.2 Å². The van der Waals surface area contributed by atoms with Gasteiger partial charge in [0.05, 0.1) is 23.0 Å². The zero-order chi connectivity index (χ0) is 28.9. The Morgan fingerprint density at radius 3 is 2.47 bits per heavy atom. The van der Waals surface area contributed by atoms with Gasteiger partial charge in [-0.25, -0.2) is 9.97 Å². The quantitative estimate of drug-likeness (QED) is 0.403. The van der Waals surface area contributed by atoms with Gasteiger partial charge in [0.25, 0.3) is 0 Å². The first-order valence-electron chi connectivity index (χ1n) is 17.0. The summed E-state index contributed by atoms with van der Waals surface area (Å²) in [6.45, 7) is 8.74. The molecule has 3 saturated carbocycles. The van der Waals surface area contributed by atoms with E-state index in [0.29, 0.717) is 30.1 Å². The molecule has 1 spiro atoms. The first-order valence-corrected chi connectivity index (χ1v) is 17.0. The topological polar surface area (TPSA) is 78.3 Å². The number of aromatic nitrogens is 3. The number of nitrogens with zero attached hydrogens (tertiary/aromatic N) is 5. The lowest BCUT2D eigenvalue weighted by molar-refractivity contribution is -0.125. The van der Waals surface area contributed by atoms with Crippen molar-refractivity contribution in [3.63, 3.8) is 0 Å². The van der Waals surface area contributed by atoms with Crippen molar-refractivity contribution in [2.45, 2.75) is 101 Å². The summed E-state index contributed by atoms with van der Waals surface area (Å²) in [6.07, 6.45) is 12.6. The Hall–Kier alpha value is -2.97. The second kappa shape index (κ2) is 9.77. The van der Waals surface area contributed by atoms with Crippen molar-refractivity contribution in [1.29, 1.82) is 0 Å². The van der Waals surface area contributed by atoms with Crippen molar-refractivity contribution in [3.8, 4) is 11.3 Å². The van der Waals surface area contributed by atoms with Crippen LogP contribution in [0, 0.1) is 11.8 Å². The van der Waals surface area contributed by atoms with Crippen LogP contribution in [-0.2, 0) is 10.2 Å². The average molecular weight is 580 g/mol. The second-order valence-corrected chi connectivity index (χ2v) is 14.9. The molecular weight excluding hydrogens is 534 g/mol. The van der Waals surface area contributed by atoms with Gasteiger partial charge in [0.1, 0.15) is 5.52 Å². The molecule has 2 N–H and O–H groups in total. The minimum Gasteiger partial charge on any atom is -0.366 e. The van der Waals surface area contributed by atoms with Crippen LogP contribution in [0.4, 0.5) is 11.5 Å². The molecule has 1 unspecified atom stereocenters. The summed E-state index contributed by atoms with van der Waals surface area (Å²) in [5, 5.41) is 7.21. The van der Waals surface area contributed by atoms with E-state index in [9.17, 15) is 4.79 Å². The number of pyridine rings is 1. The molecule has 9 rings (SSSR count). The Balaban J connectivity index is 1.07. The summed E-state index contributed by atoms with van der Waals surface area (Å²) < 4.78 is 2.22. The molecule has 5 heterocycles. The minimum atomic E-state index is -0.388. The maximum atomic E-state index is 14.5. The van der Waals surface area contributed by atoms with E-state index in [4.69, 9.17) is 9.97 Å². The number of likely N-dealkylation sites (tertiary alicyclic amines) is 1. The van der Waals surface area contributed by atoms with Gasteiger partial charge < -0.3 is 20.1 Å². The van der Waals surface area contributed by atoms with E-state index in [2.05, 4.69) is 63.1 Å². The molecule has 2 aromatic heterocycles. The number of nitrogens with one attached hydrogen (secondary N) is 2. The fourth-order valence-electron chi connectivity index (χ4n) is 9.18. The monoisotopic (exact) mass is 579 g/mol. The zero-order valence-electron chi connectivity index (χ0n) is 25.7. The number of amides is 1. The van der Waals surface area contributed by atoms with E-state index in [0.717, 1.165) is 84.4 Å². The van der Waals surface area contributed by atoms with Crippen LogP contribution in [0.5, 0.6) is 0 Å². The third-order valence-electron chi connectivity index (χ3n) is 11.8. The number of rotatable bonds is 6. The number of benzene rings is 1. The molecule has 3 aliphatic carbocycles. The van der Waals surface area contributed by atoms with Crippen molar-refractivity contribution in [3.05, 3.63) is 36.2 Å². The van der Waals surface area contributed by atoms with Crippen molar-refractivity contribution >= 4 is 28.4 Å². The van der Waals surface area contributed by atoms with Crippen LogP contribution >= 0.6 is 0 Å². The van der Waals surface area contributed by atoms with Gasteiger partial charge in [-0.05, 0) is 114 Å². The standard InChI is InChI=1S/C35H45N7O/c1-21(2)41-20-37-30-17-29(39-33(32(30)41)38-25-6-7-25)24-5-8-28-31(14-24)42(34(43)35(28)9-11-36-12-10-35)27-15-26(16-27)40-18-22-3-4-23(13-22)19-40/h5,8,14,17,20-23,25-27,36H,3-4,6-7,9-13,15-16,18-19H2,1-2H3,(H,38,39)/t22-,23?,26?,27?/m0/s1. The van der Waals surface area contributed by atoms with E-state index in [1.807, 2.05) is 6.33 Å². The predicted octanol–water partition coefficient (Wildman–Crippen LogP) is 5.48. The van der Waals surface area contributed by atoms with Gasteiger partial charge in [0.2, 0.25) is 5.91 Å². The zero-order valence-corrected chi connectivity index (χ0v) is 25.7.